The summed E-state index contributed by atoms with van der Waals surface area (Å²) in [5.41, 5.74) is 3.94. The molecule has 154 valence electrons. The predicted octanol–water partition coefficient (Wildman–Crippen LogP) is 5.63. The van der Waals surface area contributed by atoms with E-state index in [0.29, 0.717) is 0 Å². The first kappa shape index (κ1) is 20.9. The van der Waals surface area contributed by atoms with Crippen LogP contribution >= 0.6 is 27.7 Å². The van der Waals surface area contributed by atoms with Crippen LogP contribution in [0.2, 0.25) is 0 Å². The molecule has 2 aromatic carbocycles. The average Bonchev–Trinajstić information content (AvgIpc) is 2.80. The van der Waals surface area contributed by atoms with Gasteiger partial charge in [-0.25, -0.2) is 0 Å². The Hall–Kier alpha value is -2.38. The lowest BCUT2D eigenvalue weighted by molar-refractivity contribution is -0.113. The smallest absolute Gasteiger partial charge is 0.234 e. The molecule has 4 rings (SSSR count). The first-order valence-corrected chi connectivity index (χ1v) is 11.8. The van der Waals surface area contributed by atoms with E-state index in [1.807, 2.05) is 36.4 Å². The highest BCUT2D eigenvalue weighted by Crippen LogP contribution is 2.25. The molecule has 1 amide bonds. The lowest BCUT2D eigenvalue weighted by Gasteiger charge is -2.28. The van der Waals surface area contributed by atoms with Crippen LogP contribution in [-0.2, 0) is 4.79 Å². The predicted molar refractivity (Wildman–Crippen MR) is 127 cm³/mol. The van der Waals surface area contributed by atoms with Crippen LogP contribution < -0.4 is 10.2 Å². The molecule has 0 unspecified atom stereocenters. The van der Waals surface area contributed by atoms with Gasteiger partial charge in [0, 0.05) is 34.5 Å². The van der Waals surface area contributed by atoms with Crippen molar-refractivity contribution in [2.45, 2.75) is 24.3 Å². The standard InChI is InChI=1S/C23H23BrN4OS/c24-18-6-8-19(9-7-18)25-22(29)16-30-23-13-12-21(26-27-23)17-4-10-20(11-5-17)28-14-2-1-3-15-28/h4-13H,1-3,14-16H2,(H,25,29). The Balaban J connectivity index is 1.31. The molecule has 1 aliphatic rings. The Morgan fingerprint density at radius 3 is 2.33 bits per heavy atom. The van der Waals surface area contributed by atoms with Gasteiger partial charge in [0.2, 0.25) is 5.91 Å². The zero-order chi connectivity index (χ0) is 20.8. The highest BCUT2D eigenvalue weighted by atomic mass is 79.9. The summed E-state index contributed by atoms with van der Waals surface area (Å²) in [5.74, 6) is 0.218. The van der Waals surface area contributed by atoms with Crippen molar-refractivity contribution in [3.05, 3.63) is 65.1 Å². The summed E-state index contributed by atoms with van der Waals surface area (Å²) in [6.07, 6.45) is 3.88. The second kappa shape index (κ2) is 10.1. The molecule has 0 saturated carbocycles. The maximum absolute atomic E-state index is 12.1. The van der Waals surface area contributed by atoms with E-state index in [9.17, 15) is 4.79 Å². The van der Waals surface area contributed by atoms with Gasteiger partial charge in [-0.05, 0) is 67.8 Å². The molecule has 1 N–H and O–H groups in total. The minimum Gasteiger partial charge on any atom is -0.372 e. The van der Waals surface area contributed by atoms with Crippen LogP contribution in [0.15, 0.2) is 70.2 Å². The van der Waals surface area contributed by atoms with E-state index in [0.717, 1.165) is 39.5 Å². The van der Waals surface area contributed by atoms with Crippen LogP contribution in [0.3, 0.4) is 0 Å². The first-order chi connectivity index (χ1) is 14.7. The van der Waals surface area contributed by atoms with Crippen molar-refractivity contribution in [3.8, 4) is 11.3 Å². The van der Waals surface area contributed by atoms with Crippen molar-refractivity contribution < 1.29 is 4.79 Å². The highest BCUT2D eigenvalue weighted by molar-refractivity contribution is 9.10. The maximum Gasteiger partial charge on any atom is 0.234 e. The van der Waals surface area contributed by atoms with Gasteiger partial charge in [0.1, 0.15) is 5.03 Å². The fourth-order valence-electron chi connectivity index (χ4n) is 3.42. The number of nitrogens with one attached hydrogen (secondary N) is 1. The van der Waals surface area contributed by atoms with Gasteiger partial charge in [-0.2, -0.15) is 0 Å². The fourth-order valence-corrected chi connectivity index (χ4v) is 4.29. The van der Waals surface area contributed by atoms with E-state index in [-0.39, 0.29) is 11.7 Å². The first-order valence-electron chi connectivity index (χ1n) is 10.0. The van der Waals surface area contributed by atoms with E-state index < -0.39 is 0 Å². The monoisotopic (exact) mass is 482 g/mol. The molecule has 0 radical (unpaired) electrons. The van der Waals surface area contributed by atoms with Gasteiger partial charge in [-0.3, -0.25) is 4.79 Å². The number of thioether (sulfide) groups is 1. The second-order valence-electron chi connectivity index (χ2n) is 7.20. The molecule has 1 aromatic heterocycles. The van der Waals surface area contributed by atoms with E-state index in [1.54, 1.807) is 0 Å². The van der Waals surface area contributed by atoms with Gasteiger partial charge in [-0.1, -0.05) is 39.8 Å². The molecule has 1 saturated heterocycles. The molecule has 1 aliphatic heterocycles. The highest BCUT2D eigenvalue weighted by Gasteiger charge is 2.11. The van der Waals surface area contributed by atoms with Crippen molar-refractivity contribution in [1.29, 1.82) is 0 Å². The number of halogens is 1. The number of carbonyl (C=O) groups is 1. The molecule has 5 nitrogen and oxygen atoms in total. The molecule has 0 aliphatic carbocycles. The summed E-state index contributed by atoms with van der Waals surface area (Å²) >= 11 is 4.76. The van der Waals surface area contributed by atoms with E-state index in [1.165, 1.54) is 36.7 Å². The number of piperidine rings is 1. The summed E-state index contributed by atoms with van der Waals surface area (Å²) in [7, 11) is 0. The van der Waals surface area contributed by atoms with Crippen LogP contribution in [0.25, 0.3) is 11.3 Å². The number of hydrogen-bond acceptors (Lipinski definition) is 5. The third-order valence-corrected chi connectivity index (χ3v) is 6.45. The Bertz CT molecular complexity index is 972. The van der Waals surface area contributed by atoms with Gasteiger partial charge < -0.3 is 10.2 Å². The van der Waals surface area contributed by atoms with Gasteiger partial charge in [0.05, 0.1) is 11.4 Å². The summed E-state index contributed by atoms with van der Waals surface area (Å²) < 4.78 is 0.978. The summed E-state index contributed by atoms with van der Waals surface area (Å²) in [6.45, 7) is 2.28. The van der Waals surface area contributed by atoms with Gasteiger partial charge in [0.25, 0.3) is 0 Å². The Labute approximate surface area is 189 Å². The van der Waals surface area contributed by atoms with E-state index >= 15 is 0 Å². The molecular weight excluding hydrogens is 460 g/mol. The largest absolute Gasteiger partial charge is 0.372 e. The lowest BCUT2D eigenvalue weighted by atomic mass is 10.1. The van der Waals surface area contributed by atoms with Crippen molar-refractivity contribution >= 4 is 45.0 Å². The fraction of sp³-hybridized carbons (Fsp3) is 0.261. The Kier molecular flexibility index (Phi) is 7.02. The van der Waals surface area contributed by atoms with Crippen molar-refractivity contribution in [3.63, 3.8) is 0 Å². The van der Waals surface area contributed by atoms with Crippen molar-refractivity contribution in [1.82, 2.24) is 10.2 Å². The second-order valence-corrected chi connectivity index (χ2v) is 9.11. The lowest BCUT2D eigenvalue weighted by Crippen LogP contribution is -2.29. The number of nitrogens with zero attached hydrogens (tertiary/aromatic N) is 3. The zero-order valence-electron chi connectivity index (χ0n) is 16.6. The molecule has 0 atom stereocenters. The molecular formula is C23H23BrN4OS. The van der Waals surface area contributed by atoms with Crippen LogP contribution in [0, 0.1) is 0 Å². The number of benzene rings is 2. The molecule has 3 aromatic rings. The van der Waals surface area contributed by atoms with Gasteiger partial charge >= 0.3 is 0 Å². The number of amides is 1. The van der Waals surface area contributed by atoms with Crippen LogP contribution in [-0.4, -0.2) is 34.9 Å². The number of rotatable bonds is 6. The molecule has 7 heteroatoms. The third kappa shape index (κ3) is 5.61. The number of carbonyl (C=O) groups excluding carboxylic acids is 1. The third-order valence-electron chi connectivity index (χ3n) is 5.00. The van der Waals surface area contributed by atoms with Gasteiger partial charge in [-0.15, -0.1) is 10.2 Å². The molecule has 30 heavy (non-hydrogen) atoms. The Morgan fingerprint density at radius 2 is 1.67 bits per heavy atom. The van der Waals surface area contributed by atoms with Crippen LogP contribution in [0.4, 0.5) is 11.4 Å². The zero-order valence-corrected chi connectivity index (χ0v) is 19.0. The van der Waals surface area contributed by atoms with Crippen molar-refractivity contribution in [2.24, 2.45) is 0 Å². The SMILES string of the molecule is O=C(CSc1ccc(-c2ccc(N3CCCCC3)cc2)nn1)Nc1ccc(Br)cc1. The van der Waals surface area contributed by atoms with Crippen LogP contribution in [0.1, 0.15) is 19.3 Å². The number of anilines is 2. The van der Waals surface area contributed by atoms with Crippen molar-refractivity contribution in [2.75, 3.05) is 29.1 Å². The number of aromatic nitrogens is 2. The minimum absolute atomic E-state index is 0.0681. The summed E-state index contributed by atoms with van der Waals surface area (Å²) in [5, 5.41) is 12.2. The minimum atomic E-state index is -0.0681. The summed E-state index contributed by atoms with van der Waals surface area (Å²) in [6, 6.07) is 19.9. The maximum atomic E-state index is 12.1. The molecule has 0 spiro atoms. The molecule has 1 fully saturated rings. The van der Waals surface area contributed by atoms with Crippen LogP contribution in [0.5, 0.6) is 0 Å². The van der Waals surface area contributed by atoms with E-state index in [2.05, 4.69) is 60.6 Å². The Morgan fingerprint density at radius 1 is 0.933 bits per heavy atom. The number of hydrogen-bond donors (Lipinski definition) is 1. The average molecular weight is 483 g/mol. The van der Waals surface area contributed by atoms with E-state index in [4.69, 9.17) is 0 Å². The van der Waals surface area contributed by atoms with Gasteiger partial charge in [0.15, 0.2) is 0 Å². The normalized spacial score (nSPS) is 13.8. The quantitative estimate of drug-likeness (QED) is 0.461. The molecule has 2 heterocycles. The summed E-state index contributed by atoms with van der Waals surface area (Å²) in [4.78, 5) is 14.6. The topological polar surface area (TPSA) is 58.1 Å². The molecule has 0 bridgehead atoms.